The summed E-state index contributed by atoms with van der Waals surface area (Å²) in [6.07, 6.45) is 10.2. The van der Waals surface area contributed by atoms with Gasteiger partial charge in [0, 0.05) is 26.2 Å². The molecule has 2 aliphatic rings. The molecule has 0 atom stereocenters. The molecule has 110 valence electrons. The standard InChI is InChI=1S/C15H29N3O/c1-17(12-13-18-10-6-3-7-11-18)15(19)16-14-8-4-2-5-9-14/h14H,2-13H2,1H3,(H,16,19). The number of likely N-dealkylation sites (N-methyl/N-ethyl adjacent to an activating group) is 1. The van der Waals surface area contributed by atoms with Gasteiger partial charge >= 0.3 is 6.03 Å². The van der Waals surface area contributed by atoms with E-state index in [2.05, 4.69) is 10.2 Å². The smallest absolute Gasteiger partial charge is 0.317 e. The second-order valence-electron chi connectivity index (χ2n) is 6.11. The third-order valence-electron chi connectivity index (χ3n) is 4.48. The van der Waals surface area contributed by atoms with Crippen molar-refractivity contribution in [2.45, 2.75) is 57.4 Å². The van der Waals surface area contributed by atoms with Gasteiger partial charge in [0.1, 0.15) is 0 Å². The molecule has 0 bridgehead atoms. The van der Waals surface area contributed by atoms with Crippen molar-refractivity contribution in [3.63, 3.8) is 0 Å². The number of amides is 2. The van der Waals surface area contributed by atoms with E-state index in [1.54, 1.807) is 0 Å². The summed E-state index contributed by atoms with van der Waals surface area (Å²) in [5.74, 6) is 0. The van der Waals surface area contributed by atoms with Gasteiger partial charge < -0.3 is 15.1 Å². The number of nitrogens with zero attached hydrogens (tertiary/aromatic N) is 2. The third-order valence-corrected chi connectivity index (χ3v) is 4.48. The molecular formula is C15H29N3O. The van der Waals surface area contributed by atoms with Crippen LogP contribution in [0.2, 0.25) is 0 Å². The number of urea groups is 1. The van der Waals surface area contributed by atoms with Gasteiger partial charge in [-0.25, -0.2) is 4.79 Å². The summed E-state index contributed by atoms with van der Waals surface area (Å²) in [5.41, 5.74) is 0. The molecule has 0 unspecified atom stereocenters. The van der Waals surface area contributed by atoms with Gasteiger partial charge in [-0.2, -0.15) is 0 Å². The summed E-state index contributed by atoms with van der Waals surface area (Å²) in [6.45, 7) is 4.28. The SMILES string of the molecule is CN(CCN1CCCCC1)C(=O)NC1CCCCC1. The van der Waals surface area contributed by atoms with Crippen molar-refractivity contribution in [1.29, 1.82) is 0 Å². The molecule has 0 aromatic carbocycles. The minimum absolute atomic E-state index is 0.115. The molecule has 2 amide bonds. The molecule has 4 heteroatoms. The van der Waals surface area contributed by atoms with E-state index in [9.17, 15) is 4.79 Å². The fourth-order valence-electron chi connectivity index (χ4n) is 3.11. The fraction of sp³-hybridized carbons (Fsp3) is 0.933. The van der Waals surface area contributed by atoms with Gasteiger partial charge in [-0.05, 0) is 38.8 Å². The van der Waals surface area contributed by atoms with Gasteiger partial charge in [-0.1, -0.05) is 25.7 Å². The molecule has 1 heterocycles. The minimum Gasteiger partial charge on any atom is -0.335 e. The number of hydrogen-bond donors (Lipinski definition) is 1. The first kappa shape index (κ1) is 14.6. The van der Waals surface area contributed by atoms with Crippen molar-refractivity contribution in [3.8, 4) is 0 Å². The van der Waals surface area contributed by atoms with Crippen molar-refractivity contribution < 1.29 is 4.79 Å². The second-order valence-corrected chi connectivity index (χ2v) is 6.11. The predicted octanol–water partition coefficient (Wildman–Crippen LogP) is 2.45. The monoisotopic (exact) mass is 267 g/mol. The normalized spacial score (nSPS) is 22.2. The average molecular weight is 267 g/mol. The van der Waals surface area contributed by atoms with Gasteiger partial charge in [-0.3, -0.25) is 0 Å². The Morgan fingerprint density at radius 3 is 2.42 bits per heavy atom. The molecule has 1 saturated carbocycles. The molecule has 0 spiro atoms. The van der Waals surface area contributed by atoms with Crippen molar-refractivity contribution in [2.24, 2.45) is 0 Å². The highest BCUT2D eigenvalue weighted by Gasteiger charge is 2.18. The van der Waals surface area contributed by atoms with Crippen molar-refractivity contribution in [2.75, 3.05) is 33.2 Å². The third kappa shape index (κ3) is 5.01. The summed E-state index contributed by atoms with van der Waals surface area (Å²) in [6, 6.07) is 0.530. The highest BCUT2D eigenvalue weighted by atomic mass is 16.2. The van der Waals surface area contributed by atoms with E-state index in [4.69, 9.17) is 0 Å². The topological polar surface area (TPSA) is 35.6 Å². The number of hydrogen-bond acceptors (Lipinski definition) is 2. The lowest BCUT2D eigenvalue weighted by atomic mass is 9.96. The highest BCUT2D eigenvalue weighted by molar-refractivity contribution is 5.74. The van der Waals surface area contributed by atoms with Gasteiger partial charge in [0.25, 0.3) is 0 Å². The molecular weight excluding hydrogens is 238 g/mol. The Bertz CT molecular complexity index is 271. The molecule has 1 aliphatic carbocycles. The van der Waals surface area contributed by atoms with E-state index in [1.807, 2.05) is 11.9 Å². The quantitative estimate of drug-likeness (QED) is 0.849. The number of likely N-dealkylation sites (tertiary alicyclic amines) is 1. The van der Waals surface area contributed by atoms with Crippen LogP contribution in [0.3, 0.4) is 0 Å². The molecule has 2 fully saturated rings. The van der Waals surface area contributed by atoms with Crippen LogP contribution in [0, 0.1) is 0 Å². The zero-order valence-corrected chi connectivity index (χ0v) is 12.4. The first-order valence-corrected chi connectivity index (χ1v) is 8.00. The van der Waals surface area contributed by atoms with Crippen LogP contribution < -0.4 is 5.32 Å². The zero-order valence-electron chi connectivity index (χ0n) is 12.4. The summed E-state index contributed by atoms with van der Waals surface area (Å²) in [4.78, 5) is 16.4. The largest absolute Gasteiger partial charge is 0.335 e. The van der Waals surface area contributed by atoms with Crippen molar-refractivity contribution in [1.82, 2.24) is 15.1 Å². The Labute approximate surface area is 117 Å². The molecule has 2 rings (SSSR count). The van der Waals surface area contributed by atoms with Gasteiger partial charge in [-0.15, -0.1) is 0 Å². The van der Waals surface area contributed by atoms with Gasteiger partial charge in [0.15, 0.2) is 0 Å². The van der Waals surface area contributed by atoms with E-state index in [-0.39, 0.29) is 6.03 Å². The van der Waals surface area contributed by atoms with Crippen LogP contribution in [-0.4, -0.2) is 55.1 Å². The lowest BCUT2D eigenvalue weighted by molar-refractivity contribution is 0.179. The van der Waals surface area contributed by atoms with Crippen molar-refractivity contribution >= 4 is 6.03 Å². The second kappa shape index (κ2) is 7.73. The Hall–Kier alpha value is -0.770. The highest BCUT2D eigenvalue weighted by Crippen LogP contribution is 2.17. The summed E-state index contributed by atoms with van der Waals surface area (Å²) < 4.78 is 0. The number of rotatable bonds is 4. The van der Waals surface area contributed by atoms with Crippen LogP contribution >= 0.6 is 0 Å². The number of nitrogens with one attached hydrogen (secondary N) is 1. The maximum atomic E-state index is 12.1. The van der Waals surface area contributed by atoms with E-state index in [1.165, 1.54) is 51.6 Å². The fourth-order valence-corrected chi connectivity index (χ4v) is 3.11. The number of carbonyl (C=O) groups is 1. The minimum atomic E-state index is 0.115. The lowest BCUT2D eigenvalue weighted by Crippen LogP contribution is -2.46. The Kier molecular flexibility index (Phi) is 5.95. The van der Waals surface area contributed by atoms with E-state index in [0.29, 0.717) is 6.04 Å². The number of piperidine rings is 1. The lowest BCUT2D eigenvalue weighted by Gasteiger charge is -2.30. The maximum Gasteiger partial charge on any atom is 0.317 e. The van der Waals surface area contributed by atoms with Crippen molar-refractivity contribution in [3.05, 3.63) is 0 Å². The van der Waals surface area contributed by atoms with Crippen LogP contribution in [0.25, 0.3) is 0 Å². The van der Waals surface area contributed by atoms with Gasteiger partial charge in [0.05, 0.1) is 0 Å². The van der Waals surface area contributed by atoms with Gasteiger partial charge in [0.2, 0.25) is 0 Å². The molecule has 0 aromatic rings. The molecule has 1 N–H and O–H groups in total. The first-order valence-electron chi connectivity index (χ1n) is 8.00. The maximum absolute atomic E-state index is 12.1. The van der Waals surface area contributed by atoms with E-state index < -0.39 is 0 Å². The molecule has 0 aromatic heterocycles. The average Bonchev–Trinajstić information content (AvgIpc) is 2.47. The first-order chi connectivity index (χ1) is 9.25. The summed E-state index contributed by atoms with van der Waals surface area (Å²) in [5, 5.41) is 3.17. The van der Waals surface area contributed by atoms with Crippen LogP contribution in [0.4, 0.5) is 4.79 Å². The molecule has 4 nitrogen and oxygen atoms in total. The summed E-state index contributed by atoms with van der Waals surface area (Å²) in [7, 11) is 1.92. The Morgan fingerprint density at radius 2 is 1.74 bits per heavy atom. The molecule has 1 saturated heterocycles. The predicted molar refractivity (Wildman–Crippen MR) is 78.3 cm³/mol. The molecule has 1 aliphatic heterocycles. The molecule has 0 radical (unpaired) electrons. The van der Waals surface area contributed by atoms with Crippen LogP contribution in [0.15, 0.2) is 0 Å². The molecule has 19 heavy (non-hydrogen) atoms. The Balaban J connectivity index is 1.63. The van der Waals surface area contributed by atoms with Crippen LogP contribution in [0.1, 0.15) is 51.4 Å². The van der Waals surface area contributed by atoms with E-state index in [0.717, 1.165) is 25.9 Å². The Morgan fingerprint density at radius 1 is 1.11 bits per heavy atom. The van der Waals surface area contributed by atoms with E-state index >= 15 is 0 Å². The van der Waals surface area contributed by atoms with Crippen LogP contribution in [-0.2, 0) is 0 Å². The number of carbonyl (C=O) groups excluding carboxylic acids is 1. The van der Waals surface area contributed by atoms with Crippen LogP contribution in [0.5, 0.6) is 0 Å². The zero-order chi connectivity index (χ0) is 13.5. The summed E-state index contributed by atoms with van der Waals surface area (Å²) >= 11 is 0.